The third kappa shape index (κ3) is 3.82. The van der Waals surface area contributed by atoms with E-state index < -0.39 is 0 Å². The monoisotopic (exact) mass is 268 g/mol. The minimum absolute atomic E-state index is 0.320. The molecule has 0 spiro atoms. The first-order valence-corrected chi connectivity index (χ1v) is 6.75. The third-order valence-electron chi connectivity index (χ3n) is 2.62. The smallest absolute Gasteiger partial charge is 0.163 e. The Bertz CT molecular complexity index is 564. The van der Waals surface area contributed by atoms with Crippen LogP contribution < -0.4 is 10.6 Å². The van der Waals surface area contributed by atoms with Crippen molar-refractivity contribution in [1.82, 2.24) is 9.97 Å². The van der Waals surface area contributed by atoms with Gasteiger partial charge in [0, 0.05) is 24.2 Å². The summed E-state index contributed by atoms with van der Waals surface area (Å²) >= 11 is 0. The average molecular weight is 268 g/mol. The van der Waals surface area contributed by atoms with Gasteiger partial charge in [-0.15, -0.1) is 6.58 Å². The molecule has 0 aliphatic rings. The molecule has 1 aromatic heterocycles. The second-order valence-corrected chi connectivity index (χ2v) is 4.80. The Morgan fingerprint density at radius 3 is 2.50 bits per heavy atom. The Hall–Kier alpha value is -2.36. The molecule has 4 heteroatoms. The van der Waals surface area contributed by atoms with Gasteiger partial charge in [0.05, 0.1) is 0 Å². The second kappa shape index (κ2) is 6.70. The highest BCUT2D eigenvalue weighted by Crippen LogP contribution is 2.20. The molecule has 0 radical (unpaired) electrons. The van der Waals surface area contributed by atoms with Gasteiger partial charge in [0.25, 0.3) is 0 Å². The van der Waals surface area contributed by atoms with Crippen LogP contribution in [-0.2, 0) is 0 Å². The molecule has 0 atom stereocenters. The molecule has 0 saturated carbocycles. The summed E-state index contributed by atoms with van der Waals surface area (Å²) in [4.78, 5) is 9.10. The van der Waals surface area contributed by atoms with E-state index in [-0.39, 0.29) is 0 Å². The van der Waals surface area contributed by atoms with Crippen molar-refractivity contribution in [2.24, 2.45) is 0 Å². The highest BCUT2D eigenvalue weighted by atomic mass is 15.1. The van der Waals surface area contributed by atoms with Crippen LogP contribution in [0.15, 0.2) is 49.1 Å². The molecule has 4 nitrogen and oxygen atoms in total. The topological polar surface area (TPSA) is 49.8 Å². The number of hydrogen-bond acceptors (Lipinski definition) is 4. The Morgan fingerprint density at radius 1 is 1.15 bits per heavy atom. The van der Waals surface area contributed by atoms with Crippen LogP contribution in [0.3, 0.4) is 0 Å². The number of benzene rings is 1. The summed E-state index contributed by atoms with van der Waals surface area (Å²) in [6.45, 7) is 8.55. The molecular formula is C16H20N4. The molecule has 0 aliphatic heterocycles. The fourth-order valence-corrected chi connectivity index (χ4v) is 1.80. The van der Waals surface area contributed by atoms with Crippen molar-refractivity contribution in [2.45, 2.75) is 19.9 Å². The van der Waals surface area contributed by atoms with E-state index in [0.29, 0.717) is 18.4 Å². The maximum absolute atomic E-state index is 4.56. The Kier molecular flexibility index (Phi) is 4.71. The van der Waals surface area contributed by atoms with Crippen molar-refractivity contribution in [3.05, 3.63) is 49.1 Å². The zero-order valence-corrected chi connectivity index (χ0v) is 11.9. The van der Waals surface area contributed by atoms with Gasteiger partial charge >= 0.3 is 0 Å². The van der Waals surface area contributed by atoms with Crippen LogP contribution in [-0.4, -0.2) is 22.6 Å². The number of anilines is 2. The lowest BCUT2D eigenvalue weighted by Gasteiger charge is -2.12. The molecule has 2 rings (SSSR count). The van der Waals surface area contributed by atoms with Gasteiger partial charge < -0.3 is 10.6 Å². The zero-order chi connectivity index (χ0) is 14.4. The van der Waals surface area contributed by atoms with E-state index in [4.69, 9.17) is 0 Å². The Balaban J connectivity index is 2.37. The van der Waals surface area contributed by atoms with Crippen molar-refractivity contribution in [1.29, 1.82) is 0 Å². The summed E-state index contributed by atoms with van der Waals surface area (Å²) in [5, 5.41) is 6.52. The SMILES string of the molecule is C=CCNc1cc(NC(C)C)nc(-c2ccccc2)n1. The van der Waals surface area contributed by atoms with Crippen LogP contribution in [0.2, 0.25) is 0 Å². The van der Waals surface area contributed by atoms with Crippen molar-refractivity contribution in [3.63, 3.8) is 0 Å². The molecule has 20 heavy (non-hydrogen) atoms. The van der Waals surface area contributed by atoms with Gasteiger partial charge in [-0.05, 0) is 13.8 Å². The molecule has 2 aromatic rings. The maximum Gasteiger partial charge on any atom is 0.163 e. The number of nitrogens with zero attached hydrogens (tertiary/aromatic N) is 2. The van der Waals surface area contributed by atoms with Crippen LogP contribution in [0.1, 0.15) is 13.8 Å². The number of aromatic nitrogens is 2. The lowest BCUT2D eigenvalue weighted by atomic mass is 10.2. The Labute approximate surface area is 120 Å². The minimum Gasteiger partial charge on any atom is -0.368 e. The Morgan fingerprint density at radius 2 is 1.85 bits per heavy atom. The maximum atomic E-state index is 4.56. The molecule has 0 saturated heterocycles. The highest BCUT2D eigenvalue weighted by molar-refractivity contribution is 5.61. The molecule has 2 N–H and O–H groups in total. The summed E-state index contributed by atoms with van der Waals surface area (Å²) in [5.74, 6) is 2.32. The van der Waals surface area contributed by atoms with E-state index in [9.17, 15) is 0 Å². The minimum atomic E-state index is 0.320. The quantitative estimate of drug-likeness (QED) is 0.786. The molecule has 0 aliphatic carbocycles. The van der Waals surface area contributed by atoms with E-state index in [0.717, 1.165) is 17.2 Å². The van der Waals surface area contributed by atoms with Gasteiger partial charge in [-0.2, -0.15) is 0 Å². The lowest BCUT2D eigenvalue weighted by Crippen LogP contribution is -2.13. The molecule has 1 heterocycles. The van der Waals surface area contributed by atoms with Crippen LogP contribution in [0.4, 0.5) is 11.6 Å². The molecular weight excluding hydrogens is 248 g/mol. The van der Waals surface area contributed by atoms with Crippen LogP contribution in [0.25, 0.3) is 11.4 Å². The van der Waals surface area contributed by atoms with Gasteiger partial charge in [0.1, 0.15) is 11.6 Å². The summed E-state index contributed by atoms with van der Waals surface area (Å²) in [5.41, 5.74) is 1.00. The highest BCUT2D eigenvalue weighted by Gasteiger charge is 2.07. The predicted molar refractivity (Wildman–Crippen MR) is 84.9 cm³/mol. The van der Waals surface area contributed by atoms with E-state index >= 15 is 0 Å². The van der Waals surface area contributed by atoms with E-state index in [1.807, 2.05) is 36.4 Å². The standard InChI is InChI=1S/C16H20N4/c1-4-10-17-14-11-15(18-12(2)3)20-16(19-14)13-8-6-5-7-9-13/h4-9,11-12H,1,10H2,2-3H3,(H2,17,18,19,20). The first-order chi connectivity index (χ1) is 9.69. The van der Waals surface area contributed by atoms with Gasteiger partial charge in [-0.25, -0.2) is 9.97 Å². The molecule has 0 amide bonds. The third-order valence-corrected chi connectivity index (χ3v) is 2.62. The summed E-state index contributed by atoms with van der Waals surface area (Å²) in [6, 6.07) is 12.2. The fourth-order valence-electron chi connectivity index (χ4n) is 1.80. The summed E-state index contributed by atoms with van der Waals surface area (Å²) in [6.07, 6.45) is 1.81. The molecule has 0 unspecified atom stereocenters. The normalized spacial score (nSPS) is 10.3. The van der Waals surface area contributed by atoms with Gasteiger partial charge in [0.15, 0.2) is 5.82 Å². The van der Waals surface area contributed by atoms with E-state index in [2.05, 4.69) is 41.0 Å². The fraction of sp³-hybridized carbons (Fsp3) is 0.250. The molecule has 0 bridgehead atoms. The van der Waals surface area contributed by atoms with Gasteiger partial charge in [-0.1, -0.05) is 36.4 Å². The van der Waals surface area contributed by atoms with E-state index in [1.54, 1.807) is 6.08 Å². The molecule has 104 valence electrons. The number of rotatable bonds is 6. The summed E-state index contributed by atoms with van der Waals surface area (Å²) < 4.78 is 0. The molecule has 1 aromatic carbocycles. The number of nitrogens with one attached hydrogen (secondary N) is 2. The molecule has 0 fully saturated rings. The lowest BCUT2D eigenvalue weighted by molar-refractivity contribution is 0.887. The van der Waals surface area contributed by atoms with Crippen molar-refractivity contribution >= 4 is 11.6 Å². The summed E-state index contributed by atoms with van der Waals surface area (Å²) in [7, 11) is 0. The predicted octanol–water partition coefficient (Wildman–Crippen LogP) is 3.56. The first kappa shape index (κ1) is 14.1. The largest absolute Gasteiger partial charge is 0.368 e. The first-order valence-electron chi connectivity index (χ1n) is 6.75. The van der Waals surface area contributed by atoms with Gasteiger partial charge in [-0.3, -0.25) is 0 Å². The van der Waals surface area contributed by atoms with Crippen molar-refractivity contribution < 1.29 is 0 Å². The van der Waals surface area contributed by atoms with Crippen LogP contribution in [0.5, 0.6) is 0 Å². The van der Waals surface area contributed by atoms with Crippen LogP contribution in [0, 0.1) is 0 Å². The number of hydrogen-bond donors (Lipinski definition) is 2. The van der Waals surface area contributed by atoms with E-state index in [1.165, 1.54) is 0 Å². The van der Waals surface area contributed by atoms with Crippen LogP contribution >= 0.6 is 0 Å². The second-order valence-electron chi connectivity index (χ2n) is 4.80. The van der Waals surface area contributed by atoms with Crippen molar-refractivity contribution in [3.8, 4) is 11.4 Å². The average Bonchev–Trinajstić information content (AvgIpc) is 2.45. The zero-order valence-electron chi connectivity index (χ0n) is 11.9. The van der Waals surface area contributed by atoms with Gasteiger partial charge in [0.2, 0.25) is 0 Å². The van der Waals surface area contributed by atoms with Crippen molar-refractivity contribution in [2.75, 3.05) is 17.2 Å².